The average Bonchev–Trinajstić information content (AvgIpc) is 1.36. The molecule has 0 aliphatic heterocycles. The van der Waals surface area contributed by atoms with Crippen molar-refractivity contribution in [2.75, 3.05) is 0 Å². The van der Waals surface area contributed by atoms with Crippen molar-refractivity contribution in [1.82, 2.24) is 0 Å². The first-order valence-corrected chi connectivity index (χ1v) is 8.15. The molecule has 45 valence electrons. The molecule has 0 atom stereocenters. The number of rotatable bonds is 0. The van der Waals surface area contributed by atoms with E-state index in [4.69, 9.17) is 3.47 Å². The quantitative estimate of drug-likeness (QED) is 0.524. The molecule has 7 heavy (non-hydrogen) atoms. The molecule has 0 aromatic heterocycles. The van der Waals surface area contributed by atoms with Gasteiger partial charge in [-0.15, -0.1) is 0 Å². The van der Waals surface area contributed by atoms with Crippen LogP contribution in [-0.2, 0) is 48.4 Å². The summed E-state index contributed by atoms with van der Waals surface area (Å²) in [6, 6.07) is 0. The van der Waals surface area contributed by atoms with Crippen LogP contribution in [0, 0.1) is 0 Å². The molecule has 0 N–H and O–H groups in total. The first kappa shape index (κ1) is 10.5. The molecule has 0 amide bonds. The van der Waals surface area contributed by atoms with Gasteiger partial charge in [-0.2, -0.15) is 0 Å². The Balaban J connectivity index is 0. The fourth-order valence-electron chi connectivity index (χ4n) is 0. The molecule has 0 fully saturated rings. The summed E-state index contributed by atoms with van der Waals surface area (Å²) < 4.78 is 35.9. The molecule has 0 unspecified atom stereocenters. The van der Waals surface area contributed by atoms with Crippen molar-refractivity contribution in [1.29, 1.82) is 0 Å². The van der Waals surface area contributed by atoms with Crippen LogP contribution in [0.5, 0.6) is 0 Å². The fraction of sp³-hybridized carbons (Fsp3) is 1.00. The molecular formula is CH3O4Re2. The van der Waals surface area contributed by atoms with Crippen molar-refractivity contribution in [2.24, 2.45) is 0 Å². The van der Waals surface area contributed by atoms with Gasteiger partial charge in [0.2, 0.25) is 0 Å². The summed E-state index contributed by atoms with van der Waals surface area (Å²) in [5.41, 5.74) is 0. The van der Waals surface area contributed by atoms with Gasteiger partial charge in [0.25, 0.3) is 0 Å². The van der Waals surface area contributed by atoms with Crippen LogP contribution in [0.3, 0.4) is 0 Å². The molecule has 0 aromatic carbocycles. The summed E-state index contributed by atoms with van der Waals surface area (Å²) in [6.45, 7) is 0. The topological polar surface area (TPSA) is 68.3 Å². The van der Waals surface area contributed by atoms with Crippen LogP contribution in [0.4, 0.5) is 0 Å². The summed E-state index contributed by atoms with van der Waals surface area (Å²) in [6.07, 6.45) is 0. The summed E-state index contributed by atoms with van der Waals surface area (Å²) in [4.78, 5) is 0. The van der Waals surface area contributed by atoms with Gasteiger partial charge in [0.15, 0.2) is 0 Å². The van der Waals surface area contributed by atoms with Crippen molar-refractivity contribution in [3.8, 4) is 0 Å². The van der Waals surface area contributed by atoms with Gasteiger partial charge in [0.1, 0.15) is 0 Å². The van der Waals surface area contributed by atoms with Gasteiger partial charge in [-0.05, 0) is 0 Å². The standard InChI is InChI=1S/CH3.4O.2Re/h1H3;;;;;;. The normalized spacial score (nSPS) is 8.71. The van der Waals surface area contributed by atoms with Gasteiger partial charge in [-0.1, -0.05) is 0 Å². The van der Waals surface area contributed by atoms with Crippen LogP contribution >= 0.6 is 0 Å². The monoisotopic (exact) mass is 453 g/mol. The number of hydrogen-bond acceptors (Lipinski definition) is 4. The molecule has 0 bridgehead atoms. The van der Waals surface area contributed by atoms with E-state index in [0.29, 0.717) is 19.2 Å². The van der Waals surface area contributed by atoms with Gasteiger partial charge in [0.05, 0.1) is 0 Å². The molecular weight excluding hydrogens is 448 g/mol. The van der Waals surface area contributed by atoms with Gasteiger partial charge in [-0.25, -0.2) is 0 Å². The van der Waals surface area contributed by atoms with E-state index in [9.17, 15) is 10.4 Å². The third-order valence-electron chi connectivity index (χ3n) is 0. The predicted molar refractivity (Wildman–Crippen MR) is 8.61 cm³/mol. The molecule has 0 spiro atoms. The van der Waals surface area contributed by atoms with Crippen LogP contribution in [-0.4, -0.2) is 0 Å². The van der Waals surface area contributed by atoms with E-state index in [1.165, 1.54) is 0 Å². The van der Waals surface area contributed by atoms with Crippen LogP contribution < -0.4 is 0 Å². The Morgan fingerprint density at radius 2 is 1.14 bits per heavy atom. The molecule has 0 rings (SSSR count). The van der Waals surface area contributed by atoms with E-state index in [1.807, 2.05) is 0 Å². The van der Waals surface area contributed by atoms with E-state index < -0.39 is 15.4 Å². The summed E-state index contributed by atoms with van der Waals surface area (Å²) in [7, 11) is 0. The molecule has 0 aliphatic carbocycles. The fourth-order valence-corrected chi connectivity index (χ4v) is 0. The average molecular weight is 451 g/mol. The van der Waals surface area contributed by atoms with Gasteiger partial charge >= 0.3 is 53.8 Å². The molecule has 6 heteroatoms. The maximum atomic E-state index is 9.19. The zero-order valence-corrected chi connectivity index (χ0v) is 8.82. The first-order valence-electron chi connectivity index (χ1n) is 0.995. The van der Waals surface area contributed by atoms with Gasteiger partial charge in [0, 0.05) is 0 Å². The molecule has 4 nitrogen and oxygen atoms in total. The van der Waals surface area contributed by atoms with E-state index >= 15 is 0 Å². The minimum atomic E-state index is -4.86. The van der Waals surface area contributed by atoms with Crippen molar-refractivity contribution in [3.05, 3.63) is 0 Å². The van der Waals surface area contributed by atoms with Crippen LogP contribution in [0.25, 0.3) is 0 Å². The van der Waals surface area contributed by atoms with E-state index in [0.717, 1.165) is 5.40 Å². The van der Waals surface area contributed by atoms with Crippen LogP contribution in [0.15, 0.2) is 0 Å². The van der Waals surface area contributed by atoms with Crippen molar-refractivity contribution in [3.63, 3.8) is 0 Å². The summed E-state index contributed by atoms with van der Waals surface area (Å²) >= 11 is -4.39. The van der Waals surface area contributed by atoms with Crippen LogP contribution in [0.1, 0.15) is 0 Å². The predicted octanol–water partition coefficient (Wildman–Crippen LogP) is 0.104. The molecule has 0 saturated carbocycles. The zero-order chi connectivity index (χ0) is 6.50. The Morgan fingerprint density at radius 3 is 1.14 bits per heavy atom. The molecule has 0 saturated heterocycles. The minimum absolute atomic E-state index is 0.472. The molecule has 0 aromatic rings. The molecule has 0 aliphatic rings. The van der Waals surface area contributed by atoms with Crippen molar-refractivity contribution >= 4 is 0 Å². The zero-order valence-electron chi connectivity index (χ0n) is 3.39. The second kappa shape index (κ2) is 4.68. The first-order chi connectivity index (χ1) is 3.00. The Kier molecular flexibility index (Phi) is 7.01. The second-order valence-electron chi connectivity index (χ2n) is 0.652. The van der Waals surface area contributed by atoms with E-state index in [2.05, 4.69) is 0 Å². The summed E-state index contributed by atoms with van der Waals surface area (Å²) in [5.74, 6) is 0. The maximum absolute atomic E-state index is 9.19. The second-order valence-corrected chi connectivity index (χ2v) is 5.34. The van der Waals surface area contributed by atoms with E-state index in [1.54, 1.807) is 0 Å². The SMILES string of the molecule is [CH3][Re](=[O])(=[O])=[O].[O]=[Re]. The molecule has 0 radical (unpaired) electrons. The van der Waals surface area contributed by atoms with Crippen LogP contribution in [0.2, 0.25) is 5.40 Å². The molecule has 0 heterocycles. The van der Waals surface area contributed by atoms with E-state index in [-0.39, 0.29) is 0 Å². The van der Waals surface area contributed by atoms with Gasteiger partial charge < -0.3 is 0 Å². The Labute approximate surface area is 53.9 Å². The Morgan fingerprint density at radius 1 is 1.14 bits per heavy atom. The summed E-state index contributed by atoms with van der Waals surface area (Å²) in [5, 5.41) is 0.722. The third kappa shape index (κ3) is 485. The number of hydrogen-bond donors (Lipinski definition) is 0. The van der Waals surface area contributed by atoms with Crippen molar-refractivity contribution < 1.29 is 48.4 Å². The van der Waals surface area contributed by atoms with Crippen molar-refractivity contribution in [2.45, 2.75) is 5.40 Å². The van der Waals surface area contributed by atoms with Gasteiger partial charge in [-0.3, -0.25) is 0 Å². The third-order valence-corrected chi connectivity index (χ3v) is 0. The Hall–Kier alpha value is 0.525. The Bertz CT molecular complexity index is 143.